The lowest BCUT2D eigenvalue weighted by Crippen LogP contribution is -2.46. The zero-order valence-corrected chi connectivity index (χ0v) is 19.2. The van der Waals surface area contributed by atoms with Crippen LogP contribution in [0.3, 0.4) is 0 Å². The highest BCUT2D eigenvalue weighted by molar-refractivity contribution is 6.31. The zero-order chi connectivity index (χ0) is 21.4. The van der Waals surface area contributed by atoms with E-state index in [9.17, 15) is 0 Å². The molecule has 5 rings (SSSR count). The molecule has 6 nitrogen and oxygen atoms in total. The summed E-state index contributed by atoms with van der Waals surface area (Å²) in [5, 5.41) is 0.753. The van der Waals surface area contributed by atoms with E-state index in [2.05, 4.69) is 62.5 Å². The molecule has 0 aliphatic carbocycles. The Kier molecular flexibility index (Phi) is 5.87. The van der Waals surface area contributed by atoms with E-state index in [4.69, 9.17) is 16.6 Å². The minimum Gasteiger partial charge on any atom is -0.355 e. The van der Waals surface area contributed by atoms with E-state index in [1.54, 1.807) is 0 Å². The Bertz CT molecular complexity index is 1040. The Morgan fingerprint density at radius 2 is 1.84 bits per heavy atom. The summed E-state index contributed by atoms with van der Waals surface area (Å²) in [6.07, 6.45) is 7.41. The lowest BCUT2D eigenvalue weighted by atomic mass is 9.92. The van der Waals surface area contributed by atoms with E-state index in [0.717, 1.165) is 74.0 Å². The zero-order valence-electron chi connectivity index (χ0n) is 18.4. The molecule has 31 heavy (non-hydrogen) atoms. The third-order valence-electron chi connectivity index (χ3n) is 7.02. The summed E-state index contributed by atoms with van der Waals surface area (Å²) in [7, 11) is 2.19. The first kappa shape index (κ1) is 20.7. The highest BCUT2D eigenvalue weighted by Gasteiger charge is 2.33. The van der Waals surface area contributed by atoms with Crippen molar-refractivity contribution < 1.29 is 0 Å². The third-order valence-corrected chi connectivity index (χ3v) is 7.33. The number of hydrogen-bond acceptors (Lipinski definition) is 5. The second kappa shape index (κ2) is 8.77. The van der Waals surface area contributed by atoms with E-state index in [1.165, 1.54) is 5.82 Å². The first-order valence-electron chi connectivity index (χ1n) is 11.4. The molecule has 3 aromatic rings. The molecule has 2 saturated heterocycles. The first-order chi connectivity index (χ1) is 15.2. The predicted octanol–water partition coefficient (Wildman–Crippen LogP) is 4.42. The Morgan fingerprint density at radius 3 is 2.61 bits per heavy atom. The molecule has 2 fully saturated rings. The van der Waals surface area contributed by atoms with E-state index in [0.29, 0.717) is 0 Å². The van der Waals surface area contributed by atoms with Crippen molar-refractivity contribution in [3.63, 3.8) is 0 Å². The van der Waals surface area contributed by atoms with Gasteiger partial charge in [0.1, 0.15) is 11.5 Å². The highest BCUT2D eigenvalue weighted by Crippen LogP contribution is 2.41. The van der Waals surface area contributed by atoms with Gasteiger partial charge in [0.15, 0.2) is 0 Å². The molecule has 0 aromatic carbocycles. The maximum absolute atomic E-state index is 6.49. The number of halogens is 1. The monoisotopic (exact) mass is 438 g/mol. The summed E-state index contributed by atoms with van der Waals surface area (Å²) in [6, 6.07) is 10.8. The average molecular weight is 439 g/mol. The fourth-order valence-electron chi connectivity index (χ4n) is 5.18. The molecular formula is C24H31ClN6. The van der Waals surface area contributed by atoms with E-state index < -0.39 is 0 Å². The van der Waals surface area contributed by atoms with Gasteiger partial charge in [-0.1, -0.05) is 24.6 Å². The number of hydrogen-bond donors (Lipinski definition) is 0. The molecular weight excluding hydrogens is 408 g/mol. The molecule has 0 radical (unpaired) electrons. The Balaban J connectivity index is 1.43. The standard InChI is InChI=1S/C24H31ClN6/c1-3-29-13-15-30(16-14-29)23-11-5-10-22-27-19(17-31(22)23)20-8-4-9-21(28(20)2)24-18(25)7-6-12-26-24/h5-7,10-12,17,20-21H,3-4,8-9,13-16H2,1-2H3/t20-,21+/m1/s1. The lowest BCUT2D eigenvalue weighted by molar-refractivity contribution is 0.110. The number of rotatable bonds is 4. The van der Waals surface area contributed by atoms with Crippen LogP contribution in [0.5, 0.6) is 0 Å². The van der Waals surface area contributed by atoms with Gasteiger partial charge in [0.25, 0.3) is 0 Å². The smallest absolute Gasteiger partial charge is 0.138 e. The van der Waals surface area contributed by atoms with Gasteiger partial charge in [-0.15, -0.1) is 0 Å². The molecule has 164 valence electrons. The first-order valence-corrected chi connectivity index (χ1v) is 11.8. The van der Waals surface area contributed by atoms with Gasteiger partial charge in [0.2, 0.25) is 0 Å². The van der Waals surface area contributed by atoms with Gasteiger partial charge >= 0.3 is 0 Å². The van der Waals surface area contributed by atoms with Gasteiger partial charge in [-0.05, 0) is 57.1 Å². The summed E-state index contributed by atoms with van der Waals surface area (Å²) in [4.78, 5) is 17.1. The molecule has 2 aliphatic rings. The van der Waals surface area contributed by atoms with Crippen LogP contribution in [-0.4, -0.2) is 63.9 Å². The van der Waals surface area contributed by atoms with Crippen molar-refractivity contribution in [2.24, 2.45) is 0 Å². The molecule has 0 saturated carbocycles. The molecule has 2 aliphatic heterocycles. The molecule has 5 heterocycles. The number of anilines is 1. The number of likely N-dealkylation sites (N-methyl/N-ethyl adjacent to an activating group) is 1. The van der Waals surface area contributed by atoms with Gasteiger partial charge in [-0.3, -0.25) is 14.3 Å². The van der Waals surface area contributed by atoms with Crippen LogP contribution in [0, 0.1) is 0 Å². The summed E-state index contributed by atoms with van der Waals surface area (Å²) in [5.74, 6) is 1.25. The third kappa shape index (κ3) is 3.93. The predicted molar refractivity (Wildman–Crippen MR) is 126 cm³/mol. The van der Waals surface area contributed by atoms with Gasteiger partial charge < -0.3 is 9.80 Å². The van der Waals surface area contributed by atoms with Gasteiger partial charge in [0.05, 0.1) is 28.5 Å². The van der Waals surface area contributed by atoms with Gasteiger partial charge in [-0.2, -0.15) is 0 Å². The van der Waals surface area contributed by atoms with Crippen LogP contribution < -0.4 is 4.90 Å². The van der Waals surface area contributed by atoms with Crippen LogP contribution in [0.1, 0.15) is 49.7 Å². The summed E-state index contributed by atoms with van der Waals surface area (Å²) >= 11 is 6.49. The fourth-order valence-corrected chi connectivity index (χ4v) is 5.43. The normalized spacial score (nSPS) is 23.5. The number of piperidine rings is 1. The molecule has 0 unspecified atom stereocenters. The molecule has 2 atom stereocenters. The highest BCUT2D eigenvalue weighted by atomic mass is 35.5. The fraction of sp³-hybridized carbons (Fsp3) is 0.500. The van der Waals surface area contributed by atoms with Crippen LogP contribution in [-0.2, 0) is 0 Å². The number of fused-ring (bicyclic) bond motifs is 1. The topological polar surface area (TPSA) is 39.9 Å². The Hall–Kier alpha value is -2.15. The second-order valence-corrected chi connectivity index (χ2v) is 9.10. The van der Waals surface area contributed by atoms with Crippen LogP contribution >= 0.6 is 11.6 Å². The second-order valence-electron chi connectivity index (χ2n) is 8.70. The average Bonchev–Trinajstić information content (AvgIpc) is 3.24. The number of pyridine rings is 2. The molecule has 3 aromatic heterocycles. The Morgan fingerprint density at radius 1 is 1.03 bits per heavy atom. The van der Waals surface area contributed by atoms with Gasteiger partial charge in [0, 0.05) is 38.6 Å². The largest absolute Gasteiger partial charge is 0.355 e. The van der Waals surface area contributed by atoms with Crippen LogP contribution in [0.4, 0.5) is 5.82 Å². The molecule has 0 spiro atoms. The van der Waals surface area contributed by atoms with E-state index in [-0.39, 0.29) is 12.1 Å². The van der Waals surface area contributed by atoms with Crippen LogP contribution in [0.2, 0.25) is 5.02 Å². The number of likely N-dealkylation sites (tertiary alicyclic amines) is 1. The molecule has 0 amide bonds. The lowest BCUT2D eigenvalue weighted by Gasteiger charge is -2.38. The molecule has 0 bridgehead atoms. The van der Waals surface area contributed by atoms with Crippen molar-refractivity contribution in [2.75, 3.05) is 44.7 Å². The summed E-state index contributed by atoms with van der Waals surface area (Å²) in [6.45, 7) is 7.72. The molecule has 7 heteroatoms. The quantitative estimate of drug-likeness (QED) is 0.602. The van der Waals surface area contributed by atoms with E-state index in [1.807, 2.05) is 18.3 Å². The Labute approximate surface area is 189 Å². The van der Waals surface area contributed by atoms with Crippen molar-refractivity contribution in [1.82, 2.24) is 24.2 Å². The SMILES string of the molecule is CCN1CCN(c2cccc3nc([C@H]4CCC[C@@H](c5ncccc5Cl)N4C)cn23)CC1. The van der Waals surface area contributed by atoms with Crippen LogP contribution in [0.15, 0.2) is 42.7 Å². The van der Waals surface area contributed by atoms with Crippen molar-refractivity contribution in [1.29, 1.82) is 0 Å². The van der Waals surface area contributed by atoms with Gasteiger partial charge in [-0.25, -0.2) is 4.98 Å². The number of piperazine rings is 1. The van der Waals surface area contributed by atoms with Crippen LogP contribution in [0.25, 0.3) is 5.65 Å². The minimum absolute atomic E-state index is 0.221. The number of aromatic nitrogens is 3. The molecule has 0 N–H and O–H groups in total. The van der Waals surface area contributed by atoms with Crippen molar-refractivity contribution in [3.8, 4) is 0 Å². The summed E-state index contributed by atoms with van der Waals surface area (Å²) in [5.41, 5.74) is 3.14. The van der Waals surface area contributed by atoms with Crippen molar-refractivity contribution >= 4 is 23.1 Å². The van der Waals surface area contributed by atoms with Crippen molar-refractivity contribution in [2.45, 2.75) is 38.3 Å². The minimum atomic E-state index is 0.221. The van der Waals surface area contributed by atoms with E-state index >= 15 is 0 Å². The van der Waals surface area contributed by atoms with Crippen molar-refractivity contribution in [3.05, 3.63) is 59.1 Å². The maximum atomic E-state index is 6.49. The summed E-state index contributed by atoms with van der Waals surface area (Å²) < 4.78 is 2.28. The number of imidazole rings is 1. The number of nitrogens with zero attached hydrogens (tertiary/aromatic N) is 6. The maximum Gasteiger partial charge on any atom is 0.138 e.